The number of hydrogen-bond donors (Lipinski definition) is 0. The van der Waals surface area contributed by atoms with Crippen LogP contribution in [0.1, 0.15) is 5.56 Å². The van der Waals surface area contributed by atoms with Gasteiger partial charge in [-0.3, -0.25) is 0 Å². The van der Waals surface area contributed by atoms with Gasteiger partial charge < -0.3 is 9.01 Å². The van der Waals surface area contributed by atoms with Crippen LogP contribution in [0.25, 0.3) is 10.8 Å². The molecular weight excluding hydrogens is 301 g/mol. The lowest BCUT2D eigenvalue weighted by molar-refractivity contribution is 0.404. The number of rotatable bonds is 4. The second-order valence-electron chi connectivity index (χ2n) is 6.43. The molecule has 3 aromatic rings. The van der Waals surface area contributed by atoms with Crippen molar-refractivity contribution in [1.82, 2.24) is 4.90 Å². The first-order valence-electron chi connectivity index (χ1n) is 7.90. The number of benzene rings is 3. The zero-order valence-electron chi connectivity index (χ0n) is 13.9. The van der Waals surface area contributed by atoms with E-state index in [1.54, 1.807) is 6.55 Å². The zero-order chi connectivity index (χ0) is 16.4. The van der Waals surface area contributed by atoms with E-state index in [-0.39, 0.29) is 0 Å². The normalized spacial score (nSPS) is 14.1. The Labute approximate surface area is 138 Å². The molecule has 0 aliphatic heterocycles. The van der Waals surface area contributed by atoms with Gasteiger partial charge in [0.1, 0.15) is 0 Å². The fraction of sp³-hybridized carbons (Fsp3) is 0.200. The van der Waals surface area contributed by atoms with E-state index in [1.807, 2.05) is 56.6 Å². The Balaban J connectivity index is 2.25. The van der Waals surface area contributed by atoms with Crippen LogP contribution in [0, 0.1) is 0 Å². The minimum absolute atomic E-state index is 0.813. The highest BCUT2D eigenvalue weighted by atomic mass is 28.4. The molecule has 0 fully saturated rings. The van der Waals surface area contributed by atoms with E-state index in [9.17, 15) is 0 Å². The van der Waals surface area contributed by atoms with E-state index in [0.717, 1.165) is 27.7 Å². The highest BCUT2D eigenvalue weighted by Crippen LogP contribution is 2.22. The van der Waals surface area contributed by atoms with Gasteiger partial charge in [0.25, 0.3) is 0 Å². The summed E-state index contributed by atoms with van der Waals surface area (Å²) in [5.41, 5.74) is 1.19. The molecule has 0 radical (unpaired) electrons. The highest BCUT2D eigenvalue weighted by molar-refractivity contribution is 6.97. The number of halogens is 1. The lowest BCUT2D eigenvalue weighted by atomic mass is 10.0. The summed E-state index contributed by atoms with van der Waals surface area (Å²) in [5, 5.41) is 3.91. The molecule has 1 atom stereocenters. The fourth-order valence-corrected chi connectivity index (χ4v) is 5.50. The van der Waals surface area contributed by atoms with Crippen LogP contribution in [0.5, 0.6) is 0 Å². The van der Waals surface area contributed by atoms with Crippen molar-refractivity contribution in [1.29, 1.82) is 0 Å². The summed E-state index contributed by atoms with van der Waals surface area (Å²) in [5.74, 6) is 0. The molecule has 3 rings (SSSR count). The molecule has 3 heteroatoms. The van der Waals surface area contributed by atoms with Gasteiger partial charge >= 0.3 is 8.41 Å². The van der Waals surface area contributed by atoms with Crippen molar-refractivity contribution in [2.45, 2.75) is 13.1 Å². The Kier molecular flexibility index (Phi) is 4.33. The van der Waals surface area contributed by atoms with E-state index in [1.165, 1.54) is 5.56 Å². The molecule has 0 aliphatic carbocycles. The Bertz CT molecular complexity index is 807. The fourth-order valence-electron chi connectivity index (χ4n) is 3.19. The van der Waals surface area contributed by atoms with Crippen LogP contribution in [0.15, 0.2) is 66.7 Å². The standard InChI is InChI=1S/C20H22FNSi/c1-22(2)15-17-11-7-9-16-10-8-14-19(20(16)17)23(3,21)18-12-5-4-6-13-18/h4-14H,15H2,1-3H3/t23-/m0/s1. The first-order valence-corrected chi connectivity index (χ1v) is 10.3. The van der Waals surface area contributed by atoms with Crippen molar-refractivity contribution >= 4 is 29.6 Å². The predicted octanol–water partition coefficient (Wildman–Crippen LogP) is 3.56. The van der Waals surface area contributed by atoms with Crippen molar-refractivity contribution < 1.29 is 4.11 Å². The van der Waals surface area contributed by atoms with E-state index in [0.29, 0.717) is 0 Å². The summed E-state index contributed by atoms with van der Waals surface area (Å²) < 4.78 is 15.9. The summed E-state index contributed by atoms with van der Waals surface area (Å²) in [7, 11) is 0.872. The molecule has 0 saturated heterocycles. The zero-order valence-corrected chi connectivity index (χ0v) is 14.9. The second-order valence-corrected chi connectivity index (χ2v) is 9.55. The number of fused-ring (bicyclic) bond motifs is 1. The quantitative estimate of drug-likeness (QED) is 0.524. The van der Waals surface area contributed by atoms with Gasteiger partial charge in [0, 0.05) is 6.54 Å². The SMILES string of the molecule is CN(C)Cc1cccc2cccc([Si@@](C)(F)c3ccccc3)c12. The van der Waals surface area contributed by atoms with Crippen molar-refractivity contribution in [2.75, 3.05) is 14.1 Å². The Morgan fingerprint density at radius 1 is 0.870 bits per heavy atom. The molecule has 0 bridgehead atoms. The van der Waals surface area contributed by atoms with Crippen LogP contribution >= 0.6 is 0 Å². The van der Waals surface area contributed by atoms with Gasteiger partial charge in [0.05, 0.1) is 0 Å². The van der Waals surface area contributed by atoms with E-state index < -0.39 is 8.41 Å². The average molecular weight is 323 g/mol. The van der Waals surface area contributed by atoms with Crippen LogP contribution < -0.4 is 10.4 Å². The summed E-state index contributed by atoms with van der Waals surface area (Å²) in [6.45, 7) is 2.61. The van der Waals surface area contributed by atoms with E-state index in [4.69, 9.17) is 0 Å². The van der Waals surface area contributed by atoms with Gasteiger partial charge in [0.15, 0.2) is 0 Å². The number of hydrogen-bond acceptors (Lipinski definition) is 1. The van der Waals surface area contributed by atoms with Crippen LogP contribution in [0.3, 0.4) is 0 Å². The van der Waals surface area contributed by atoms with Gasteiger partial charge in [0.2, 0.25) is 0 Å². The van der Waals surface area contributed by atoms with Gasteiger partial charge in [-0.2, -0.15) is 0 Å². The minimum atomic E-state index is -3.22. The maximum atomic E-state index is 15.9. The van der Waals surface area contributed by atoms with Crippen molar-refractivity contribution in [3.63, 3.8) is 0 Å². The molecule has 0 aliphatic rings. The molecule has 0 saturated carbocycles. The molecule has 0 unspecified atom stereocenters. The van der Waals surface area contributed by atoms with Crippen LogP contribution in [0.2, 0.25) is 6.55 Å². The number of nitrogens with zero attached hydrogens (tertiary/aromatic N) is 1. The summed E-state index contributed by atoms with van der Waals surface area (Å²) >= 11 is 0. The minimum Gasteiger partial charge on any atom is -0.305 e. The third kappa shape index (κ3) is 3.07. The summed E-state index contributed by atoms with van der Waals surface area (Å²) in [6, 6.07) is 21.9. The predicted molar refractivity (Wildman–Crippen MR) is 99.8 cm³/mol. The Hall–Kier alpha value is -1.97. The van der Waals surface area contributed by atoms with Crippen LogP contribution in [-0.2, 0) is 6.54 Å². The second kappa shape index (κ2) is 6.26. The molecule has 0 heterocycles. The maximum Gasteiger partial charge on any atom is 0.306 e. The highest BCUT2D eigenvalue weighted by Gasteiger charge is 2.34. The van der Waals surface area contributed by atoms with Crippen LogP contribution in [0.4, 0.5) is 4.11 Å². The van der Waals surface area contributed by atoms with Gasteiger partial charge in [-0.05, 0) is 47.4 Å². The molecule has 0 spiro atoms. The van der Waals surface area contributed by atoms with E-state index >= 15 is 4.11 Å². The van der Waals surface area contributed by atoms with Gasteiger partial charge in [-0.15, -0.1) is 0 Å². The van der Waals surface area contributed by atoms with Gasteiger partial charge in [-0.1, -0.05) is 66.7 Å². The topological polar surface area (TPSA) is 3.24 Å². The molecular formula is C20H22FNSi. The largest absolute Gasteiger partial charge is 0.306 e. The Morgan fingerprint density at radius 3 is 2.17 bits per heavy atom. The van der Waals surface area contributed by atoms with Gasteiger partial charge in [-0.25, -0.2) is 0 Å². The van der Waals surface area contributed by atoms with E-state index in [2.05, 4.69) is 29.2 Å². The molecule has 23 heavy (non-hydrogen) atoms. The third-order valence-electron chi connectivity index (χ3n) is 4.30. The smallest absolute Gasteiger partial charge is 0.305 e. The third-order valence-corrected chi connectivity index (χ3v) is 7.15. The maximum absolute atomic E-state index is 15.9. The monoisotopic (exact) mass is 323 g/mol. The molecule has 0 N–H and O–H groups in total. The molecule has 118 valence electrons. The van der Waals surface area contributed by atoms with Crippen LogP contribution in [-0.4, -0.2) is 27.4 Å². The first-order chi connectivity index (χ1) is 11.0. The first kappa shape index (κ1) is 15.9. The summed E-state index contributed by atoms with van der Waals surface area (Å²) in [4.78, 5) is 2.13. The Morgan fingerprint density at radius 2 is 1.52 bits per heavy atom. The molecule has 1 nitrogen and oxygen atoms in total. The molecule has 3 aromatic carbocycles. The van der Waals surface area contributed by atoms with Crippen molar-refractivity contribution in [3.05, 3.63) is 72.3 Å². The average Bonchev–Trinajstić information content (AvgIpc) is 2.55. The lowest BCUT2D eigenvalue weighted by Crippen LogP contribution is -2.52. The van der Waals surface area contributed by atoms with Crippen molar-refractivity contribution in [2.24, 2.45) is 0 Å². The molecule has 0 aromatic heterocycles. The molecule has 0 amide bonds. The lowest BCUT2D eigenvalue weighted by Gasteiger charge is -2.23. The summed E-state index contributed by atoms with van der Waals surface area (Å²) in [6.07, 6.45) is 0. The van der Waals surface area contributed by atoms with Crippen molar-refractivity contribution in [3.8, 4) is 0 Å².